The highest BCUT2D eigenvalue weighted by molar-refractivity contribution is 5.63. The maximum absolute atomic E-state index is 10.7. The quantitative estimate of drug-likeness (QED) is 0.454. The van der Waals surface area contributed by atoms with Gasteiger partial charge in [0.15, 0.2) is 0 Å². The summed E-state index contributed by atoms with van der Waals surface area (Å²) in [4.78, 5) is 0. The summed E-state index contributed by atoms with van der Waals surface area (Å²) in [7, 11) is 0. The molecule has 4 aromatic carbocycles. The minimum Gasteiger partial charge on any atom is -0.508 e. The number of hydrogen-bond donors (Lipinski definition) is 1. The number of benzene rings is 4. The van der Waals surface area contributed by atoms with E-state index in [0.717, 1.165) is 5.56 Å². The van der Waals surface area contributed by atoms with Crippen LogP contribution in [0.1, 0.15) is 34.1 Å². The van der Waals surface area contributed by atoms with Crippen LogP contribution in [0, 0.1) is 0 Å². The van der Waals surface area contributed by atoms with Crippen LogP contribution in [-0.2, 0) is 5.41 Å². The summed E-state index contributed by atoms with van der Waals surface area (Å²) in [5.74, 6) is 0.829. The van der Waals surface area contributed by atoms with Gasteiger partial charge in [-0.1, -0.05) is 109 Å². The van der Waals surface area contributed by atoms with Crippen molar-refractivity contribution in [3.8, 4) is 5.75 Å². The molecule has 1 fully saturated rings. The SMILES string of the molecule is Oc1ccccc1[C@@H]1[C@@H](c2ccccc2)C1(c1ccccc1)c1ccccc1. The number of phenols is 1. The van der Waals surface area contributed by atoms with E-state index < -0.39 is 0 Å². The molecule has 0 heterocycles. The predicted octanol–water partition coefficient (Wildman–Crippen LogP) is 6.26. The van der Waals surface area contributed by atoms with Crippen LogP contribution in [0.3, 0.4) is 0 Å². The monoisotopic (exact) mass is 362 g/mol. The van der Waals surface area contributed by atoms with Crippen molar-refractivity contribution in [2.45, 2.75) is 17.3 Å². The first-order chi connectivity index (χ1) is 13.8. The first-order valence-electron chi connectivity index (χ1n) is 9.77. The van der Waals surface area contributed by atoms with Crippen LogP contribution >= 0.6 is 0 Å². The molecular weight excluding hydrogens is 340 g/mol. The van der Waals surface area contributed by atoms with Crippen molar-refractivity contribution in [3.05, 3.63) is 138 Å². The van der Waals surface area contributed by atoms with Gasteiger partial charge in [-0.2, -0.15) is 0 Å². The molecule has 1 heteroatoms. The van der Waals surface area contributed by atoms with Gasteiger partial charge in [-0.3, -0.25) is 0 Å². The molecule has 5 rings (SSSR count). The van der Waals surface area contributed by atoms with Gasteiger partial charge in [0.1, 0.15) is 5.75 Å². The van der Waals surface area contributed by atoms with Crippen LogP contribution < -0.4 is 0 Å². The summed E-state index contributed by atoms with van der Waals surface area (Å²) in [6.45, 7) is 0. The van der Waals surface area contributed by atoms with E-state index in [1.807, 2.05) is 12.1 Å². The second kappa shape index (κ2) is 6.69. The molecule has 0 aliphatic heterocycles. The zero-order chi connectivity index (χ0) is 19.0. The van der Waals surface area contributed by atoms with Gasteiger partial charge < -0.3 is 5.11 Å². The Balaban J connectivity index is 1.79. The van der Waals surface area contributed by atoms with Crippen molar-refractivity contribution in [1.82, 2.24) is 0 Å². The van der Waals surface area contributed by atoms with E-state index in [-0.39, 0.29) is 17.3 Å². The summed E-state index contributed by atoms with van der Waals surface area (Å²) >= 11 is 0. The second-order valence-corrected chi connectivity index (χ2v) is 7.53. The van der Waals surface area contributed by atoms with E-state index in [9.17, 15) is 5.11 Å². The van der Waals surface area contributed by atoms with Gasteiger partial charge in [-0.25, -0.2) is 0 Å². The third kappa shape index (κ3) is 2.47. The van der Waals surface area contributed by atoms with Crippen molar-refractivity contribution < 1.29 is 5.11 Å². The van der Waals surface area contributed by atoms with E-state index in [1.54, 1.807) is 6.07 Å². The van der Waals surface area contributed by atoms with Gasteiger partial charge in [0, 0.05) is 17.3 Å². The zero-order valence-corrected chi connectivity index (χ0v) is 15.6. The molecule has 1 nitrogen and oxygen atoms in total. The average Bonchev–Trinajstić information content (AvgIpc) is 3.47. The number of hydrogen-bond acceptors (Lipinski definition) is 1. The lowest BCUT2D eigenvalue weighted by atomic mass is 9.82. The third-order valence-corrected chi connectivity index (χ3v) is 6.14. The highest BCUT2D eigenvalue weighted by atomic mass is 16.3. The molecule has 1 saturated carbocycles. The lowest BCUT2D eigenvalue weighted by Gasteiger charge is -2.21. The Morgan fingerprint density at radius 3 is 1.50 bits per heavy atom. The van der Waals surface area contributed by atoms with Gasteiger partial charge in [-0.05, 0) is 28.3 Å². The van der Waals surface area contributed by atoms with Crippen molar-refractivity contribution in [3.63, 3.8) is 0 Å². The molecule has 0 radical (unpaired) electrons. The normalized spacial score (nSPS) is 19.9. The lowest BCUT2D eigenvalue weighted by molar-refractivity contribution is 0.467. The number of aromatic hydroxyl groups is 1. The van der Waals surface area contributed by atoms with Crippen molar-refractivity contribution in [2.24, 2.45) is 0 Å². The van der Waals surface area contributed by atoms with E-state index in [4.69, 9.17) is 0 Å². The summed E-state index contributed by atoms with van der Waals surface area (Å²) in [6, 6.07) is 40.0. The molecule has 0 aromatic heterocycles. The molecule has 0 saturated heterocycles. The summed E-state index contributed by atoms with van der Waals surface area (Å²) in [6.07, 6.45) is 0. The van der Waals surface area contributed by atoms with E-state index in [0.29, 0.717) is 5.75 Å². The zero-order valence-electron chi connectivity index (χ0n) is 15.6. The van der Waals surface area contributed by atoms with E-state index in [2.05, 4.69) is 97.1 Å². The molecule has 136 valence electrons. The second-order valence-electron chi connectivity index (χ2n) is 7.53. The van der Waals surface area contributed by atoms with Gasteiger partial charge in [-0.15, -0.1) is 0 Å². The fraction of sp³-hybridized carbons (Fsp3) is 0.111. The minimum atomic E-state index is -0.192. The van der Waals surface area contributed by atoms with Gasteiger partial charge in [0.25, 0.3) is 0 Å². The smallest absolute Gasteiger partial charge is 0.119 e. The molecule has 2 atom stereocenters. The van der Waals surface area contributed by atoms with Crippen LogP contribution in [0.4, 0.5) is 0 Å². The molecular formula is C27H22O. The van der Waals surface area contributed by atoms with Crippen LogP contribution in [0.15, 0.2) is 115 Å². The van der Waals surface area contributed by atoms with Crippen LogP contribution in [0.5, 0.6) is 5.75 Å². The van der Waals surface area contributed by atoms with Gasteiger partial charge in [0.2, 0.25) is 0 Å². The van der Waals surface area contributed by atoms with Crippen molar-refractivity contribution >= 4 is 0 Å². The van der Waals surface area contributed by atoms with E-state index in [1.165, 1.54) is 16.7 Å². The first-order valence-corrected chi connectivity index (χ1v) is 9.77. The Bertz CT molecular complexity index is 1030. The van der Waals surface area contributed by atoms with Crippen molar-refractivity contribution in [1.29, 1.82) is 0 Å². The maximum Gasteiger partial charge on any atom is 0.119 e. The third-order valence-electron chi connectivity index (χ3n) is 6.14. The Morgan fingerprint density at radius 2 is 0.964 bits per heavy atom. The summed E-state index contributed by atoms with van der Waals surface area (Å²) in [5.41, 5.74) is 4.72. The highest BCUT2D eigenvalue weighted by Crippen LogP contribution is 2.74. The predicted molar refractivity (Wildman–Crippen MR) is 114 cm³/mol. The minimum absolute atomic E-state index is 0.181. The van der Waals surface area contributed by atoms with Crippen LogP contribution in [-0.4, -0.2) is 5.11 Å². The van der Waals surface area contributed by atoms with Crippen LogP contribution in [0.25, 0.3) is 0 Å². The fourth-order valence-corrected chi connectivity index (χ4v) is 4.99. The molecule has 28 heavy (non-hydrogen) atoms. The molecule has 0 bridgehead atoms. The van der Waals surface area contributed by atoms with Gasteiger partial charge in [0.05, 0.1) is 0 Å². The largest absolute Gasteiger partial charge is 0.508 e. The number of rotatable bonds is 4. The fourth-order valence-electron chi connectivity index (χ4n) is 4.99. The Labute approximate surface area is 165 Å². The summed E-state index contributed by atoms with van der Waals surface area (Å²) < 4.78 is 0. The number of phenolic OH excluding ortho intramolecular Hbond substituents is 1. The molecule has 0 amide bonds. The number of para-hydroxylation sites is 1. The first kappa shape index (κ1) is 16.8. The molecule has 1 aliphatic carbocycles. The van der Waals surface area contributed by atoms with E-state index >= 15 is 0 Å². The molecule has 1 aliphatic rings. The Morgan fingerprint density at radius 1 is 0.500 bits per heavy atom. The molecule has 4 aromatic rings. The molecule has 1 N–H and O–H groups in total. The van der Waals surface area contributed by atoms with Crippen molar-refractivity contribution in [2.75, 3.05) is 0 Å². The lowest BCUT2D eigenvalue weighted by Crippen LogP contribution is -2.13. The molecule has 0 unspecified atom stereocenters. The Hall–Kier alpha value is -3.32. The highest BCUT2D eigenvalue weighted by Gasteiger charge is 2.67. The van der Waals surface area contributed by atoms with Gasteiger partial charge >= 0.3 is 0 Å². The standard InChI is InChI=1S/C27H22O/c28-24-19-11-10-18-23(24)26-25(20-12-4-1-5-13-20)27(26,21-14-6-2-7-15-21)22-16-8-3-9-17-22/h1-19,25-26,28H/t25-,26-/m1/s1. The maximum atomic E-state index is 10.7. The van der Waals surface area contributed by atoms with Crippen LogP contribution in [0.2, 0.25) is 0 Å². The Kier molecular flexibility index (Phi) is 4.02. The molecule has 0 spiro atoms. The topological polar surface area (TPSA) is 20.2 Å². The average molecular weight is 362 g/mol. The summed E-state index contributed by atoms with van der Waals surface area (Å²) in [5, 5.41) is 10.7.